The van der Waals surface area contributed by atoms with Crippen LogP contribution in [0.5, 0.6) is 11.5 Å². The SMILES string of the molecule is CCOc1cccc2c1C=CC1(CCN(C(=O)OCc3ccccc3)CC1)O2. The van der Waals surface area contributed by atoms with E-state index in [4.69, 9.17) is 14.2 Å². The van der Waals surface area contributed by atoms with Gasteiger partial charge in [0.05, 0.1) is 12.2 Å². The number of hydrogen-bond donors (Lipinski definition) is 0. The molecule has 2 aromatic rings. The van der Waals surface area contributed by atoms with E-state index in [1.54, 1.807) is 4.90 Å². The summed E-state index contributed by atoms with van der Waals surface area (Å²) in [4.78, 5) is 14.1. The molecule has 2 heterocycles. The zero-order valence-electron chi connectivity index (χ0n) is 16.1. The number of likely N-dealkylation sites (tertiary alicyclic amines) is 1. The van der Waals surface area contributed by atoms with Crippen molar-refractivity contribution in [3.8, 4) is 11.5 Å². The Bertz CT molecular complexity index is 854. The second kappa shape index (κ2) is 7.97. The predicted octanol–water partition coefficient (Wildman–Crippen LogP) is 4.66. The maximum absolute atomic E-state index is 12.4. The number of fused-ring (bicyclic) bond motifs is 1. The summed E-state index contributed by atoms with van der Waals surface area (Å²) >= 11 is 0. The van der Waals surface area contributed by atoms with Crippen molar-refractivity contribution in [1.29, 1.82) is 0 Å². The molecule has 5 heteroatoms. The Kier molecular flexibility index (Phi) is 5.24. The van der Waals surface area contributed by atoms with Crippen molar-refractivity contribution >= 4 is 12.2 Å². The fraction of sp³-hybridized carbons (Fsp3) is 0.348. The van der Waals surface area contributed by atoms with Crippen LogP contribution in [0.15, 0.2) is 54.6 Å². The lowest BCUT2D eigenvalue weighted by molar-refractivity contribution is 0.0287. The number of ether oxygens (including phenoxy) is 3. The molecule has 0 aliphatic carbocycles. The van der Waals surface area contributed by atoms with Crippen LogP contribution in [0.2, 0.25) is 0 Å². The van der Waals surface area contributed by atoms with Crippen molar-refractivity contribution in [2.45, 2.75) is 32.0 Å². The van der Waals surface area contributed by atoms with Gasteiger partial charge in [0.15, 0.2) is 0 Å². The Hall–Kier alpha value is -2.95. The van der Waals surface area contributed by atoms with Gasteiger partial charge in [-0.3, -0.25) is 0 Å². The van der Waals surface area contributed by atoms with Gasteiger partial charge in [-0.25, -0.2) is 4.79 Å². The summed E-state index contributed by atoms with van der Waals surface area (Å²) in [6.07, 6.45) is 5.42. The molecule has 0 unspecified atom stereocenters. The summed E-state index contributed by atoms with van der Waals surface area (Å²) in [7, 11) is 0. The molecule has 0 N–H and O–H groups in total. The van der Waals surface area contributed by atoms with E-state index in [1.807, 2.05) is 55.5 Å². The number of benzene rings is 2. The first-order valence-electron chi connectivity index (χ1n) is 9.79. The monoisotopic (exact) mass is 379 g/mol. The average molecular weight is 379 g/mol. The van der Waals surface area contributed by atoms with Crippen molar-refractivity contribution < 1.29 is 19.0 Å². The molecule has 0 radical (unpaired) electrons. The molecule has 1 fully saturated rings. The molecule has 0 saturated carbocycles. The van der Waals surface area contributed by atoms with Crippen LogP contribution < -0.4 is 9.47 Å². The summed E-state index contributed by atoms with van der Waals surface area (Å²) in [6.45, 7) is 4.11. The predicted molar refractivity (Wildman–Crippen MR) is 107 cm³/mol. The van der Waals surface area contributed by atoms with E-state index in [-0.39, 0.29) is 11.7 Å². The Balaban J connectivity index is 1.36. The van der Waals surface area contributed by atoms with E-state index in [0.717, 1.165) is 35.5 Å². The summed E-state index contributed by atoms with van der Waals surface area (Å²) in [5.41, 5.74) is 1.61. The third-order valence-electron chi connectivity index (χ3n) is 5.27. The normalized spacial score (nSPS) is 17.0. The van der Waals surface area contributed by atoms with Crippen molar-refractivity contribution in [2.75, 3.05) is 19.7 Å². The molecule has 2 aromatic carbocycles. The second-order valence-electron chi connectivity index (χ2n) is 7.13. The number of nitrogens with zero attached hydrogens (tertiary/aromatic N) is 1. The van der Waals surface area contributed by atoms with Crippen LogP contribution in [0.25, 0.3) is 6.08 Å². The standard InChI is InChI=1S/C23H25NO4/c1-2-26-20-9-6-10-21-19(20)11-12-23(28-21)13-15-24(16-14-23)22(25)27-17-18-7-4-3-5-8-18/h3-12H,2,13-17H2,1H3. The van der Waals surface area contributed by atoms with E-state index in [1.165, 1.54) is 0 Å². The minimum atomic E-state index is -0.367. The molecule has 2 aliphatic rings. The zero-order valence-corrected chi connectivity index (χ0v) is 16.1. The highest BCUT2D eigenvalue weighted by atomic mass is 16.6. The van der Waals surface area contributed by atoms with Crippen molar-refractivity contribution in [2.24, 2.45) is 0 Å². The molecular formula is C23H25NO4. The van der Waals surface area contributed by atoms with Crippen LogP contribution in [0.3, 0.4) is 0 Å². The Morgan fingerprint density at radius 1 is 1.11 bits per heavy atom. The molecule has 146 valence electrons. The Labute approximate surface area is 165 Å². The third kappa shape index (κ3) is 3.84. The maximum atomic E-state index is 12.4. The van der Waals surface area contributed by atoms with Crippen molar-refractivity contribution in [3.05, 3.63) is 65.7 Å². The van der Waals surface area contributed by atoms with Gasteiger partial charge in [-0.2, -0.15) is 0 Å². The number of carbonyl (C=O) groups excluding carboxylic acids is 1. The van der Waals surface area contributed by atoms with Crippen LogP contribution in [-0.4, -0.2) is 36.3 Å². The second-order valence-corrected chi connectivity index (χ2v) is 7.13. The fourth-order valence-electron chi connectivity index (χ4n) is 3.69. The largest absolute Gasteiger partial charge is 0.493 e. The van der Waals surface area contributed by atoms with Gasteiger partial charge in [0.2, 0.25) is 0 Å². The first-order chi connectivity index (χ1) is 13.7. The van der Waals surface area contributed by atoms with E-state index in [9.17, 15) is 4.79 Å². The lowest BCUT2D eigenvalue weighted by Gasteiger charge is -2.41. The number of carbonyl (C=O) groups is 1. The molecule has 0 aromatic heterocycles. The maximum Gasteiger partial charge on any atom is 0.410 e. The minimum Gasteiger partial charge on any atom is -0.493 e. The lowest BCUT2D eigenvalue weighted by atomic mass is 9.88. The fourth-order valence-corrected chi connectivity index (χ4v) is 3.69. The molecule has 1 saturated heterocycles. The molecule has 1 amide bonds. The van der Waals surface area contributed by atoms with Crippen LogP contribution >= 0.6 is 0 Å². The van der Waals surface area contributed by atoms with Crippen molar-refractivity contribution in [3.63, 3.8) is 0 Å². The Morgan fingerprint density at radius 3 is 2.64 bits per heavy atom. The van der Waals surface area contributed by atoms with Crippen molar-refractivity contribution in [1.82, 2.24) is 4.90 Å². The third-order valence-corrected chi connectivity index (χ3v) is 5.27. The molecule has 0 atom stereocenters. The van der Waals surface area contributed by atoms with Gasteiger partial charge < -0.3 is 19.1 Å². The van der Waals surface area contributed by atoms with Gasteiger partial charge >= 0.3 is 6.09 Å². The Morgan fingerprint density at radius 2 is 1.89 bits per heavy atom. The minimum absolute atomic E-state index is 0.266. The first-order valence-corrected chi connectivity index (χ1v) is 9.79. The van der Waals surface area contributed by atoms with E-state index in [0.29, 0.717) is 26.3 Å². The first kappa shape index (κ1) is 18.4. The summed E-state index contributed by atoms with van der Waals surface area (Å²) in [5.74, 6) is 1.68. The van der Waals surface area contributed by atoms with Crippen LogP contribution in [0.4, 0.5) is 4.79 Å². The topological polar surface area (TPSA) is 48.0 Å². The molecule has 4 rings (SSSR count). The molecule has 1 spiro atoms. The smallest absolute Gasteiger partial charge is 0.410 e. The van der Waals surface area contributed by atoms with Gasteiger partial charge in [0.25, 0.3) is 0 Å². The summed E-state index contributed by atoms with van der Waals surface area (Å²) in [6, 6.07) is 15.6. The molecule has 2 aliphatic heterocycles. The van der Waals surface area contributed by atoms with E-state index >= 15 is 0 Å². The number of hydrogen-bond acceptors (Lipinski definition) is 4. The van der Waals surface area contributed by atoms with Gasteiger partial charge in [0.1, 0.15) is 23.7 Å². The number of amides is 1. The molecule has 28 heavy (non-hydrogen) atoms. The average Bonchev–Trinajstić information content (AvgIpc) is 2.73. The molecule has 5 nitrogen and oxygen atoms in total. The van der Waals surface area contributed by atoms with Gasteiger partial charge in [-0.15, -0.1) is 0 Å². The van der Waals surface area contributed by atoms with E-state index < -0.39 is 0 Å². The summed E-state index contributed by atoms with van der Waals surface area (Å²) in [5, 5.41) is 0. The number of rotatable bonds is 4. The summed E-state index contributed by atoms with van der Waals surface area (Å²) < 4.78 is 17.5. The zero-order chi connectivity index (χ0) is 19.4. The highest BCUT2D eigenvalue weighted by molar-refractivity contribution is 5.69. The highest BCUT2D eigenvalue weighted by Crippen LogP contribution is 2.40. The van der Waals surface area contributed by atoms with Gasteiger partial charge in [-0.05, 0) is 36.8 Å². The van der Waals surface area contributed by atoms with Crippen LogP contribution in [0, 0.1) is 0 Å². The van der Waals surface area contributed by atoms with Gasteiger partial charge in [-0.1, -0.05) is 36.4 Å². The molecule has 0 bridgehead atoms. The quantitative estimate of drug-likeness (QED) is 0.775. The highest BCUT2D eigenvalue weighted by Gasteiger charge is 2.38. The van der Waals surface area contributed by atoms with E-state index in [2.05, 4.69) is 12.2 Å². The molecular weight excluding hydrogens is 354 g/mol. The van der Waals surface area contributed by atoms with Crippen LogP contribution in [0.1, 0.15) is 30.9 Å². The number of piperidine rings is 1. The lowest BCUT2D eigenvalue weighted by Crippen LogP contribution is -2.49. The van der Waals surface area contributed by atoms with Crippen LogP contribution in [-0.2, 0) is 11.3 Å². The van der Waals surface area contributed by atoms with Gasteiger partial charge in [0, 0.05) is 25.9 Å².